The number of aryl methyl sites for hydroxylation is 1. The van der Waals surface area contributed by atoms with Crippen LogP contribution in [0.25, 0.3) is 0 Å². The average molecular weight is 254 g/mol. The normalized spacial score (nSPS) is 14.7. The maximum atomic E-state index is 11.7. The fraction of sp³-hybridized carbons (Fsp3) is 0.500. The maximum Gasteiger partial charge on any atom is 0.225 e. The van der Waals surface area contributed by atoms with Gasteiger partial charge in [0.1, 0.15) is 0 Å². The third kappa shape index (κ3) is 3.68. The van der Waals surface area contributed by atoms with Gasteiger partial charge in [-0.3, -0.25) is 4.79 Å². The quantitative estimate of drug-likeness (QED) is 0.791. The van der Waals surface area contributed by atoms with Gasteiger partial charge in [-0.25, -0.2) is 4.98 Å². The number of halogens is 1. The van der Waals surface area contributed by atoms with Gasteiger partial charge in [0.2, 0.25) is 5.91 Å². The van der Waals surface area contributed by atoms with E-state index in [1.54, 1.807) is 6.20 Å². The first-order valence-electron chi connectivity index (χ1n) is 5.81. The zero-order valence-corrected chi connectivity index (χ0v) is 10.5. The lowest BCUT2D eigenvalue weighted by Gasteiger charge is -2.09. The smallest absolute Gasteiger partial charge is 0.225 e. The van der Waals surface area contributed by atoms with Crippen molar-refractivity contribution in [1.82, 2.24) is 10.3 Å². The Morgan fingerprint density at radius 3 is 3.00 bits per heavy atom. The molecule has 2 rings (SSSR count). The molecule has 0 radical (unpaired) electrons. The molecule has 0 spiro atoms. The molecule has 17 heavy (non-hydrogen) atoms. The highest BCUT2D eigenvalue weighted by atomic mass is 35.5. The zero-order valence-electron chi connectivity index (χ0n) is 9.79. The van der Waals surface area contributed by atoms with Crippen LogP contribution in [0.2, 0.25) is 5.15 Å². The van der Waals surface area contributed by atoms with Crippen LogP contribution in [0.4, 0.5) is 5.69 Å². The summed E-state index contributed by atoms with van der Waals surface area (Å²) >= 11 is 5.93. The molecule has 5 heteroatoms. The minimum absolute atomic E-state index is 0.0313. The van der Waals surface area contributed by atoms with E-state index in [0.717, 1.165) is 5.56 Å². The van der Waals surface area contributed by atoms with Crippen LogP contribution >= 0.6 is 11.6 Å². The predicted octanol–water partition coefficient (Wildman–Crippen LogP) is 2.12. The molecule has 0 aromatic carbocycles. The molecule has 4 nitrogen and oxygen atoms in total. The average Bonchev–Trinajstić information content (AvgIpc) is 3.08. The second-order valence-electron chi connectivity index (χ2n) is 4.32. The Bertz CT molecular complexity index is 398. The van der Waals surface area contributed by atoms with Crippen molar-refractivity contribution in [2.75, 3.05) is 11.9 Å². The predicted molar refractivity (Wildman–Crippen MR) is 68.3 cm³/mol. The number of carbonyl (C=O) groups excluding carboxylic acids is 1. The number of hydrogen-bond acceptors (Lipinski definition) is 3. The second-order valence-corrected chi connectivity index (χ2v) is 4.68. The van der Waals surface area contributed by atoms with Gasteiger partial charge in [0, 0.05) is 25.2 Å². The third-order valence-corrected chi connectivity index (χ3v) is 3.03. The standard InChI is InChI=1S/C12H16ClN3O/c1-8-4-6-15-12(13)11(8)16-10(17)5-7-14-9-2-3-9/h4,6,9,14H,2-3,5,7H2,1H3,(H,16,17). The minimum atomic E-state index is -0.0313. The zero-order chi connectivity index (χ0) is 12.3. The number of rotatable bonds is 5. The van der Waals surface area contributed by atoms with Crippen molar-refractivity contribution in [3.8, 4) is 0 Å². The summed E-state index contributed by atoms with van der Waals surface area (Å²) in [6.07, 6.45) is 4.55. The number of aromatic nitrogens is 1. The first-order chi connectivity index (χ1) is 8.16. The lowest BCUT2D eigenvalue weighted by atomic mass is 10.2. The summed E-state index contributed by atoms with van der Waals surface area (Å²) in [5, 5.41) is 6.43. The third-order valence-electron chi connectivity index (χ3n) is 2.74. The Kier molecular flexibility index (Phi) is 3.97. The SMILES string of the molecule is Cc1ccnc(Cl)c1NC(=O)CCNC1CC1. The first-order valence-corrected chi connectivity index (χ1v) is 6.19. The van der Waals surface area contributed by atoms with E-state index in [-0.39, 0.29) is 5.91 Å². The molecule has 1 saturated carbocycles. The van der Waals surface area contributed by atoms with E-state index in [4.69, 9.17) is 11.6 Å². The highest BCUT2D eigenvalue weighted by molar-refractivity contribution is 6.32. The van der Waals surface area contributed by atoms with Crippen LogP contribution in [0.3, 0.4) is 0 Å². The lowest BCUT2D eigenvalue weighted by molar-refractivity contribution is -0.116. The summed E-state index contributed by atoms with van der Waals surface area (Å²) < 4.78 is 0. The molecule has 1 aliphatic carbocycles. The first kappa shape index (κ1) is 12.3. The highest BCUT2D eigenvalue weighted by Gasteiger charge is 2.20. The topological polar surface area (TPSA) is 54.0 Å². The molecule has 1 amide bonds. The van der Waals surface area contributed by atoms with Gasteiger partial charge in [0.05, 0.1) is 5.69 Å². The molecule has 1 aliphatic rings. The maximum absolute atomic E-state index is 11.7. The molecular weight excluding hydrogens is 238 g/mol. The van der Waals surface area contributed by atoms with Gasteiger partial charge in [0.25, 0.3) is 0 Å². The minimum Gasteiger partial charge on any atom is -0.323 e. The van der Waals surface area contributed by atoms with Crippen LogP contribution in [0.15, 0.2) is 12.3 Å². The van der Waals surface area contributed by atoms with Gasteiger partial charge in [-0.1, -0.05) is 11.6 Å². The molecule has 0 saturated heterocycles. The molecule has 0 bridgehead atoms. The van der Waals surface area contributed by atoms with Crippen molar-refractivity contribution in [2.24, 2.45) is 0 Å². The Labute approximate surface area is 106 Å². The van der Waals surface area contributed by atoms with Gasteiger partial charge in [-0.2, -0.15) is 0 Å². The molecule has 1 aromatic heterocycles. The molecule has 2 N–H and O–H groups in total. The number of hydrogen-bond donors (Lipinski definition) is 2. The Morgan fingerprint density at radius 2 is 2.35 bits per heavy atom. The van der Waals surface area contributed by atoms with Crippen molar-refractivity contribution in [2.45, 2.75) is 32.2 Å². The fourth-order valence-corrected chi connectivity index (χ4v) is 1.81. The highest BCUT2D eigenvalue weighted by Crippen LogP contribution is 2.22. The van der Waals surface area contributed by atoms with Crippen molar-refractivity contribution >= 4 is 23.2 Å². The molecule has 0 unspecified atom stereocenters. The van der Waals surface area contributed by atoms with Crippen molar-refractivity contribution in [3.63, 3.8) is 0 Å². The fourth-order valence-electron chi connectivity index (χ4n) is 1.55. The Morgan fingerprint density at radius 1 is 1.59 bits per heavy atom. The number of pyridine rings is 1. The van der Waals surface area contributed by atoms with Gasteiger partial charge in [-0.05, 0) is 31.4 Å². The van der Waals surface area contributed by atoms with E-state index in [0.29, 0.717) is 29.8 Å². The van der Waals surface area contributed by atoms with E-state index in [2.05, 4.69) is 15.6 Å². The van der Waals surface area contributed by atoms with E-state index in [9.17, 15) is 4.79 Å². The number of nitrogens with one attached hydrogen (secondary N) is 2. The van der Waals surface area contributed by atoms with Gasteiger partial charge in [0.15, 0.2) is 5.15 Å². The van der Waals surface area contributed by atoms with E-state index in [1.165, 1.54) is 12.8 Å². The monoisotopic (exact) mass is 253 g/mol. The van der Waals surface area contributed by atoms with Crippen LogP contribution in [0.1, 0.15) is 24.8 Å². The van der Waals surface area contributed by atoms with E-state index in [1.807, 2.05) is 13.0 Å². The summed E-state index contributed by atoms with van der Waals surface area (Å²) in [5.74, 6) is -0.0313. The molecule has 1 heterocycles. The van der Waals surface area contributed by atoms with Crippen LogP contribution in [-0.2, 0) is 4.79 Å². The van der Waals surface area contributed by atoms with Crippen LogP contribution < -0.4 is 10.6 Å². The van der Waals surface area contributed by atoms with Crippen molar-refractivity contribution < 1.29 is 4.79 Å². The summed E-state index contributed by atoms with van der Waals surface area (Å²) in [4.78, 5) is 15.6. The molecule has 92 valence electrons. The number of amides is 1. The molecular formula is C12H16ClN3O. The van der Waals surface area contributed by atoms with Gasteiger partial charge in [-0.15, -0.1) is 0 Å². The van der Waals surface area contributed by atoms with Crippen LogP contribution in [0, 0.1) is 6.92 Å². The largest absolute Gasteiger partial charge is 0.323 e. The van der Waals surface area contributed by atoms with Gasteiger partial charge >= 0.3 is 0 Å². The number of carbonyl (C=O) groups is 1. The van der Waals surface area contributed by atoms with E-state index < -0.39 is 0 Å². The molecule has 0 atom stereocenters. The second kappa shape index (κ2) is 5.47. The molecule has 0 aliphatic heterocycles. The van der Waals surface area contributed by atoms with E-state index >= 15 is 0 Å². The van der Waals surface area contributed by atoms with Crippen molar-refractivity contribution in [3.05, 3.63) is 23.0 Å². The van der Waals surface area contributed by atoms with Crippen LogP contribution in [-0.4, -0.2) is 23.5 Å². The lowest BCUT2D eigenvalue weighted by Crippen LogP contribution is -2.23. The van der Waals surface area contributed by atoms with Crippen LogP contribution in [0.5, 0.6) is 0 Å². The van der Waals surface area contributed by atoms with Gasteiger partial charge < -0.3 is 10.6 Å². The Balaban J connectivity index is 1.84. The Hall–Kier alpha value is -1.13. The summed E-state index contributed by atoms with van der Waals surface area (Å²) in [7, 11) is 0. The summed E-state index contributed by atoms with van der Waals surface area (Å²) in [5.41, 5.74) is 1.54. The molecule has 1 fully saturated rings. The summed E-state index contributed by atoms with van der Waals surface area (Å²) in [6.45, 7) is 2.61. The number of anilines is 1. The van der Waals surface area contributed by atoms with Crippen molar-refractivity contribution in [1.29, 1.82) is 0 Å². The molecule has 1 aromatic rings. The number of nitrogens with zero attached hydrogens (tertiary/aromatic N) is 1. The summed E-state index contributed by atoms with van der Waals surface area (Å²) in [6, 6.07) is 2.45.